The largest absolute Gasteiger partial charge is 0.497 e. The number of hydrogen-bond donors (Lipinski definition) is 2. The Bertz CT molecular complexity index is 1650. The Kier molecular flexibility index (Phi) is 10.8. The van der Waals surface area contributed by atoms with Crippen LogP contribution in [-0.4, -0.2) is 59.1 Å². The third-order valence-electron chi connectivity index (χ3n) is 6.76. The zero-order valence-corrected chi connectivity index (χ0v) is 27.0. The minimum atomic E-state index is -0.427. The summed E-state index contributed by atoms with van der Waals surface area (Å²) >= 11 is 1.17. The van der Waals surface area contributed by atoms with Crippen molar-refractivity contribution in [1.29, 1.82) is 0 Å². The van der Waals surface area contributed by atoms with Crippen molar-refractivity contribution in [3.8, 4) is 17.2 Å². The van der Waals surface area contributed by atoms with Gasteiger partial charge in [-0.25, -0.2) is 4.79 Å². The second-order valence-corrected chi connectivity index (χ2v) is 11.9. The second-order valence-electron chi connectivity index (χ2n) is 10.9. The summed E-state index contributed by atoms with van der Waals surface area (Å²) in [6.07, 6.45) is 0. The molecule has 0 aliphatic carbocycles. The topological polar surface area (TPSA) is 134 Å². The van der Waals surface area contributed by atoms with E-state index in [1.165, 1.54) is 11.8 Å². The molecule has 45 heavy (non-hydrogen) atoms. The van der Waals surface area contributed by atoms with Crippen molar-refractivity contribution < 1.29 is 28.6 Å². The highest BCUT2D eigenvalue weighted by atomic mass is 32.2. The van der Waals surface area contributed by atoms with Gasteiger partial charge in [-0.2, -0.15) is 0 Å². The molecule has 0 spiro atoms. The van der Waals surface area contributed by atoms with Crippen molar-refractivity contribution in [2.45, 2.75) is 44.8 Å². The average molecular weight is 632 g/mol. The molecule has 0 saturated carbocycles. The maximum absolute atomic E-state index is 13.0. The second kappa shape index (κ2) is 14.8. The number of rotatable bonds is 12. The lowest BCUT2D eigenvalue weighted by atomic mass is 9.87. The Balaban J connectivity index is 1.53. The van der Waals surface area contributed by atoms with E-state index < -0.39 is 5.97 Å². The predicted molar refractivity (Wildman–Crippen MR) is 173 cm³/mol. The summed E-state index contributed by atoms with van der Waals surface area (Å²) in [6, 6.07) is 19.3. The van der Waals surface area contributed by atoms with Crippen LogP contribution in [0.1, 0.15) is 59.8 Å². The van der Waals surface area contributed by atoms with Gasteiger partial charge in [0.1, 0.15) is 11.5 Å². The first kappa shape index (κ1) is 33.1. The fourth-order valence-electron chi connectivity index (χ4n) is 4.34. The van der Waals surface area contributed by atoms with E-state index in [-0.39, 0.29) is 36.1 Å². The number of carbonyl (C=O) groups is 3. The van der Waals surface area contributed by atoms with Crippen LogP contribution in [0, 0.1) is 0 Å². The molecule has 1 heterocycles. The van der Waals surface area contributed by atoms with Crippen LogP contribution >= 0.6 is 11.8 Å². The average Bonchev–Trinajstić information content (AvgIpc) is 3.44. The van der Waals surface area contributed by atoms with Crippen molar-refractivity contribution in [2.24, 2.45) is 0 Å². The predicted octanol–water partition coefficient (Wildman–Crippen LogP) is 5.42. The highest BCUT2D eigenvalue weighted by Crippen LogP contribution is 2.32. The SMILES string of the molecule is CCOC(=O)c1ccc(NC(=O)CSc2nnc(CNC(=O)c3ccc(C(C)(C)C)cc3)n2-c2cc(OC)ccc2OC)cc1. The molecule has 0 aliphatic rings. The molecule has 0 aliphatic heterocycles. The number of nitrogens with one attached hydrogen (secondary N) is 2. The lowest BCUT2D eigenvalue weighted by molar-refractivity contribution is -0.113. The Labute approximate surface area is 266 Å². The molecule has 12 heteroatoms. The standard InChI is InChI=1S/C33H37N5O6S/c1-7-44-31(41)22-10-14-24(15-11-22)35-29(39)20-45-32-37-36-28(38(32)26-18-25(42-5)16-17-27(26)43-6)19-34-30(40)21-8-12-23(13-9-21)33(2,3)4/h8-18H,7,19-20H2,1-6H3,(H,34,40)(H,35,39). The van der Waals surface area contributed by atoms with Gasteiger partial charge < -0.3 is 24.8 Å². The first-order chi connectivity index (χ1) is 21.5. The van der Waals surface area contributed by atoms with E-state index in [9.17, 15) is 14.4 Å². The number of methoxy groups -OCH3 is 2. The van der Waals surface area contributed by atoms with E-state index in [2.05, 4.69) is 41.6 Å². The minimum absolute atomic E-state index is 0.0104. The van der Waals surface area contributed by atoms with Crippen LogP contribution in [0.25, 0.3) is 5.69 Å². The third kappa shape index (κ3) is 8.42. The summed E-state index contributed by atoms with van der Waals surface area (Å²) in [5, 5.41) is 14.8. The van der Waals surface area contributed by atoms with Crippen molar-refractivity contribution >= 4 is 35.2 Å². The molecule has 3 aromatic carbocycles. The van der Waals surface area contributed by atoms with Gasteiger partial charge in [0.05, 0.1) is 44.4 Å². The number of hydrogen-bond acceptors (Lipinski definition) is 9. The molecule has 0 atom stereocenters. The molecule has 0 bridgehead atoms. The van der Waals surface area contributed by atoms with Crippen LogP contribution in [0.2, 0.25) is 0 Å². The normalized spacial score (nSPS) is 11.1. The van der Waals surface area contributed by atoms with E-state index >= 15 is 0 Å². The number of nitrogens with zero attached hydrogens (tertiary/aromatic N) is 3. The number of thioether (sulfide) groups is 1. The molecule has 236 valence electrons. The lowest BCUT2D eigenvalue weighted by Gasteiger charge is -2.19. The maximum Gasteiger partial charge on any atom is 0.338 e. The molecule has 4 aromatic rings. The van der Waals surface area contributed by atoms with Crippen molar-refractivity contribution in [2.75, 3.05) is 31.9 Å². The molecule has 0 radical (unpaired) electrons. The molecule has 0 saturated heterocycles. The first-order valence-corrected chi connectivity index (χ1v) is 15.3. The van der Waals surface area contributed by atoms with E-state index in [1.54, 1.807) is 80.3 Å². The smallest absolute Gasteiger partial charge is 0.338 e. The van der Waals surface area contributed by atoms with Crippen LogP contribution < -0.4 is 20.1 Å². The quantitative estimate of drug-likeness (QED) is 0.155. The molecule has 4 rings (SSSR count). The van der Waals surface area contributed by atoms with Gasteiger partial charge >= 0.3 is 5.97 Å². The number of aromatic nitrogens is 3. The van der Waals surface area contributed by atoms with Gasteiger partial charge in [-0.05, 0) is 66.4 Å². The summed E-state index contributed by atoms with van der Waals surface area (Å²) in [5.41, 5.74) is 3.13. The van der Waals surface area contributed by atoms with Gasteiger partial charge in [0.15, 0.2) is 11.0 Å². The summed E-state index contributed by atoms with van der Waals surface area (Å²) < 4.78 is 17.8. The van der Waals surface area contributed by atoms with Gasteiger partial charge in [-0.1, -0.05) is 44.7 Å². The number of carbonyl (C=O) groups excluding carboxylic acids is 3. The highest BCUT2D eigenvalue weighted by molar-refractivity contribution is 7.99. The number of anilines is 1. The fourth-order valence-corrected chi connectivity index (χ4v) is 5.10. The lowest BCUT2D eigenvalue weighted by Crippen LogP contribution is -2.25. The van der Waals surface area contributed by atoms with Crippen LogP contribution in [0.4, 0.5) is 5.69 Å². The van der Waals surface area contributed by atoms with Crippen molar-refractivity contribution in [3.05, 3.63) is 89.2 Å². The zero-order chi connectivity index (χ0) is 32.6. The minimum Gasteiger partial charge on any atom is -0.497 e. The van der Waals surface area contributed by atoms with Crippen LogP contribution in [0.3, 0.4) is 0 Å². The zero-order valence-electron chi connectivity index (χ0n) is 26.2. The number of benzene rings is 3. The van der Waals surface area contributed by atoms with Crippen LogP contribution in [-0.2, 0) is 21.5 Å². The van der Waals surface area contributed by atoms with Crippen LogP contribution in [0.15, 0.2) is 71.9 Å². The fraction of sp³-hybridized carbons (Fsp3) is 0.303. The van der Waals surface area contributed by atoms with Gasteiger partial charge in [0.25, 0.3) is 5.91 Å². The van der Waals surface area contributed by atoms with Gasteiger partial charge in [-0.15, -0.1) is 10.2 Å². The Morgan fingerprint density at radius 1 is 0.889 bits per heavy atom. The number of amides is 2. The summed E-state index contributed by atoms with van der Waals surface area (Å²) in [4.78, 5) is 37.8. The Morgan fingerprint density at radius 2 is 1.58 bits per heavy atom. The molecule has 11 nitrogen and oxygen atoms in total. The van der Waals surface area contributed by atoms with Crippen LogP contribution in [0.5, 0.6) is 11.5 Å². The Morgan fingerprint density at radius 3 is 2.20 bits per heavy atom. The number of ether oxygens (including phenoxy) is 3. The van der Waals surface area contributed by atoms with Crippen molar-refractivity contribution in [1.82, 2.24) is 20.1 Å². The Hall–Kier alpha value is -4.84. The number of esters is 1. The van der Waals surface area contributed by atoms with Crippen molar-refractivity contribution in [3.63, 3.8) is 0 Å². The summed E-state index contributed by atoms with van der Waals surface area (Å²) in [5.74, 6) is 0.565. The maximum atomic E-state index is 13.0. The molecular weight excluding hydrogens is 594 g/mol. The van der Waals surface area contributed by atoms with E-state index in [0.717, 1.165) is 5.56 Å². The molecule has 1 aromatic heterocycles. The highest BCUT2D eigenvalue weighted by Gasteiger charge is 2.21. The molecular formula is C33H37N5O6S. The molecule has 2 amide bonds. The van der Waals surface area contributed by atoms with Gasteiger partial charge in [-0.3, -0.25) is 14.2 Å². The van der Waals surface area contributed by atoms with E-state index in [1.807, 2.05) is 12.1 Å². The summed E-state index contributed by atoms with van der Waals surface area (Å²) in [6.45, 7) is 8.43. The third-order valence-corrected chi connectivity index (χ3v) is 7.69. The van der Waals surface area contributed by atoms with E-state index in [0.29, 0.717) is 45.0 Å². The monoisotopic (exact) mass is 631 g/mol. The van der Waals surface area contributed by atoms with Gasteiger partial charge in [0, 0.05) is 17.3 Å². The molecule has 0 fully saturated rings. The first-order valence-electron chi connectivity index (χ1n) is 14.3. The van der Waals surface area contributed by atoms with E-state index in [4.69, 9.17) is 14.2 Å². The van der Waals surface area contributed by atoms with Gasteiger partial charge in [0.2, 0.25) is 5.91 Å². The summed E-state index contributed by atoms with van der Waals surface area (Å²) in [7, 11) is 3.11. The molecule has 2 N–H and O–H groups in total. The molecule has 0 unspecified atom stereocenters.